The molecular weight excluding hydrogens is 331 g/mol. The molecule has 0 bridgehead atoms. The zero-order valence-corrected chi connectivity index (χ0v) is 14.4. The Morgan fingerprint density at radius 1 is 1.00 bits per heavy atom. The van der Waals surface area contributed by atoms with Crippen LogP contribution in [0, 0.1) is 6.92 Å². The van der Waals surface area contributed by atoms with Crippen LogP contribution in [0.4, 0.5) is 5.69 Å². The maximum Gasteiger partial charge on any atom is 0.255 e. The first-order chi connectivity index (χ1) is 11.0. The van der Waals surface area contributed by atoms with Gasteiger partial charge in [-0.1, -0.05) is 35.3 Å². The summed E-state index contributed by atoms with van der Waals surface area (Å²) < 4.78 is 0. The van der Waals surface area contributed by atoms with Crippen LogP contribution in [-0.4, -0.2) is 37.0 Å². The van der Waals surface area contributed by atoms with E-state index in [1.807, 2.05) is 4.90 Å². The number of halogens is 2. The highest BCUT2D eigenvalue weighted by Crippen LogP contribution is 2.24. The summed E-state index contributed by atoms with van der Waals surface area (Å²) >= 11 is 12.0. The predicted molar refractivity (Wildman–Crippen MR) is 95.8 cm³/mol. The average Bonchev–Trinajstić information content (AvgIpc) is 2.54. The van der Waals surface area contributed by atoms with Crippen molar-refractivity contribution in [1.29, 1.82) is 0 Å². The number of amides is 1. The van der Waals surface area contributed by atoms with E-state index in [-0.39, 0.29) is 5.91 Å². The molecule has 1 heterocycles. The lowest BCUT2D eigenvalue weighted by Gasteiger charge is -2.36. The zero-order valence-electron chi connectivity index (χ0n) is 12.9. The third-order valence-corrected chi connectivity index (χ3v) is 4.64. The van der Waals surface area contributed by atoms with Gasteiger partial charge in [-0.15, -0.1) is 0 Å². The number of rotatable bonds is 2. The van der Waals surface area contributed by atoms with Gasteiger partial charge in [0.05, 0.1) is 10.6 Å². The summed E-state index contributed by atoms with van der Waals surface area (Å²) in [6.07, 6.45) is 0. The van der Waals surface area contributed by atoms with Gasteiger partial charge in [0.1, 0.15) is 0 Å². The van der Waals surface area contributed by atoms with Gasteiger partial charge in [-0.25, -0.2) is 0 Å². The van der Waals surface area contributed by atoms with Crippen molar-refractivity contribution in [3.05, 3.63) is 63.6 Å². The van der Waals surface area contributed by atoms with Gasteiger partial charge < -0.3 is 9.80 Å². The Hall–Kier alpha value is -1.71. The second kappa shape index (κ2) is 6.81. The Morgan fingerprint density at radius 2 is 1.74 bits per heavy atom. The van der Waals surface area contributed by atoms with Crippen LogP contribution in [0.3, 0.4) is 0 Å². The topological polar surface area (TPSA) is 23.6 Å². The molecule has 0 aromatic heterocycles. The summed E-state index contributed by atoms with van der Waals surface area (Å²) in [7, 11) is 0. The van der Waals surface area contributed by atoms with E-state index in [2.05, 4.69) is 36.1 Å². The number of carbonyl (C=O) groups is 1. The molecule has 3 nitrogen and oxygen atoms in total. The molecule has 2 aromatic rings. The Bertz CT molecular complexity index is 725. The average molecular weight is 349 g/mol. The first-order valence-corrected chi connectivity index (χ1v) is 8.36. The highest BCUT2D eigenvalue weighted by molar-refractivity contribution is 6.36. The van der Waals surface area contributed by atoms with Crippen molar-refractivity contribution in [1.82, 2.24) is 4.90 Å². The van der Waals surface area contributed by atoms with Crippen LogP contribution in [0.1, 0.15) is 15.9 Å². The minimum absolute atomic E-state index is 0.0319. The quantitative estimate of drug-likeness (QED) is 0.809. The van der Waals surface area contributed by atoms with Crippen LogP contribution < -0.4 is 4.90 Å². The fourth-order valence-corrected chi connectivity index (χ4v) is 3.31. The molecule has 23 heavy (non-hydrogen) atoms. The van der Waals surface area contributed by atoms with Crippen LogP contribution in [0.25, 0.3) is 0 Å². The van der Waals surface area contributed by atoms with Crippen molar-refractivity contribution in [2.75, 3.05) is 31.1 Å². The SMILES string of the molecule is Cc1cccc(N2CCN(C(=O)c3ccc(Cl)cc3Cl)CC2)c1. The lowest BCUT2D eigenvalue weighted by atomic mass is 10.1. The van der Waals surface area contributed by atoms with Crippen molar-refractivity contribution in [2.24, 2.45) is 0 Å². The fraction of sp³-hybridized carbons (Fsp3) is 0.278. The third-order valence-electron chi connectivity index (χ3n) is 4.10. The molecular formula is C18H18Cl2N2O. The molecule has 0 atom stereocenters. The van der Waals surface area contributed by atoms with Gasteiger partial charge in [0.25, 0.3) is 5.91 Å². The molecule has 1 saturated heterocycles. The molecule has 1 aliphatic heterocycles. The summed E-state index contributed by atoms with van der Waals surface area (Å²) in [6, 6.07) is 13.4. The highest BCUT2D eigenvalue weighted by Gasteiger charge is 2.23. The largest absolute Gasteiger partial charge is 0.368 e. The van der Waals surface area contributed by atoms with E-state index in [4.69, 9.17) is 23.2 Å². The second-order valence-corrected chi connectivity index (χ2v) is 6.59. The normalized spacial score (nSPS) is 14.9. The third kappa shape index (κ3) is 3.62. The Labute approximate surface area is 146 Å². The Balaban J connectivity index is 1.68. The number of benzene rings is 2. The minimum Gasteiger partial charge on any atom is -0.368 e. The fourth-order valence-electron chi connectivity index (χ4n) is 2.83. The molecule has 120 valence electrons. The summed E-state index contributed by atoms with van der Waals surface area (Å²) in [4.78, 5) is 16.8. The number of carbonyl (C=O) groups excluding carboxylic acids is 1. The maximum atomic E-state index is 12.6. The van der Waals surface area contributed by atoms with Crippen molar-refractivity contribution < 1.29 is 4.79 Å². The lowest BCUT2D eigenvalue weighted by molar-refractivity contribution is 0.0747. The van der Waals surface area contributed by atoms with Gasteiger partial charge in [0, 0.05) is 36.9 Å². The molecule has 3 rings (SSSR count). The summed E-state index contributed by atoms with van der Waals surface area (Å²) in [6.45, 7) is 5.10. The summed E-state index contributed by atoms with van der Waals surface area (Å²) in [5, 5.41) is 0.944. The van der Waals surface area contributed by atoms with Gasteiger partial charge in [-0.05, 0) is 42.8 Å². The summed E-state index contributed by atoms with van der Waals surface area (Å²) in [5.41, 5.74) is 2.97. The highest BCUT2D eigenvalue weighted by atomic mass is 35.5. The Kier molecular flexibility index (Phi) is 4.79. The molecule has 0 aliphatic carbocycles. The van der Waals surface area contributed by atoms with Gasteiger partial charge >= 0.3 is 0 Å². The van der Waals surface area contributed by atoms with Gasteiger partial charge in [-0.2, -0.15) is 0 Å². The van der Waals surface area contributed by atoms with Gasteiger partial charge in [0.2, 0.25) is 0 Å². The molecule has 1 fully saturated rings. The van der Waals surface area contributed by atoms with E-state index >= 15 is 0 Å². The summed E-state index contributed by atoms with van der Waals surface area (Å²) in [5.74, 6) is -0.0319. The van der Waals surface area contributed by atoms with Crippen molar-refractivity contribution in [3.63, 3.8) is 0 Å². The smallest absolute Gasteiger partial charge is 0.255 e. The van der Waals surface area contributed by atoms with Crippen LogP contribution in [-0.2, 0) is 0 Å². The van der Waals surface area contributed by atoms with E-state index < -0.39 is 0 Å². The standard InChI is InChI=1S/C18H18Cl2N2O/c1-13-3-2-4-15(11-13)21-7-9-22(10-8-21)18(23)16-6-5-14(19)12-17(16)20/h2-6,11-12H,7-10H2,1H3. The number of nitrogens with zero attached hydrogens (tertiary/aromatic N) is 2. The van der Waals surface area contributed by atoms with Crippen LogP contribution in [0.2, 0.25) is 10.0 Å². The first kappa shape index (κ1) is 16.2. The lowest BCUT2D eigenvalue weighted by Crippen LogP contribution is -2.48. The molecule has 0 N–H and O–H groups in total. The van der Waals surface area contributed by atoms with E-state index in [0.29, 0.717) is 28.7 Å². The monoisotopic (exact) mass is 348 g/mol. The van der Waals surface area contributed by atoms with Gasteiger partial charge in [0.15, 0.2) is 0 Å². The molecule has 1 aliphatic rings. The van der Waals surface area contributed by atoms with E-state index in [9.17, 15) is 4.79 Å². The number of hydrogen-bond donors (Lipinski definition) is 0. The molecule has 5 heteroatoms. The molecule has 0 saturated carbocycles. The first-order valence-electron chi connectivity index (χ1n) is 7.60. The maximum absolute atomic E-state index is 12.6. The second-order valence-electron chi connectivity index (χ2n) is 5.74. The van der Waals surface area contributed by atoms with E-state index in [0.717, 1.165) is 13.1 Å². The Morgan fingerprint density at radius 3 is 2.39 bits per heavy atom. The number of piperazine rings is 1. The molecule has 0 radical (unpaired) electrons. The number of hydrogen-bond acceptors (Lipinski definition) is 2. The molecule has 2 aromatic carbocycles. The molecule has 0 unspecified atom stereocenters. The number of anilines is 1. The predicted octanol–water partition coefficient (Wildman–Crippen LogP) is 4.26. The van der Waals surface area contributed by atoms with Crippen molar-refractivity contribution in [2.45, 2.75) is 6.92 Å². The molecule has 1 amide bonds. The van der Waals surface area contributed by atoms with Gasteiger partial charge in [-0.3, -0.25) is 4.79 Å². The van der Waals surface area contributed by atoms with Crippen LogP contribution in [0.5, 0.6) is 0 Å². The number of aryl methyl sites for hydroxylation is 1. The van der Waals surface area contributed by atoms with E-state index in [1.54, 1.807) is 18.2 Å². The van der Waals surface area contributed by atoms with Crippen LogP contribution in [0.15, 0.2) is 42.5 Å². The zero-order chi connectivity index (χ0) is 16.4. The minimum atomic E-state index is -0.0319. The van der Waals surface area contributed by atoms with E-state index in [1.165, 1.54) is 11.3 Å². The van der Waals surface area contributed by atoms with Crippen molar-refractivity contribution in [3.8, 4) is 0 Å². The van der Waals surface area contributed by atoms with Crippen LogP contribution >= 0.6 is 23.2 Å². The van der Waals surface area contributed by atoms with Crippen molar-refractivity contribution >= 4 is 34.8 Å². The molecule has 0 spiro atoms.